The number of thiophene rings is 1. The Bertz CT molecular complexity index is 636. The van der Waals surface area contributed by atoms with Crippen LogP contribution in [0.15, 0.2) is 28.7 Å². The van der Waals surface area contributed by atoms with E-state index in [1.165, 1.54) is 15.3 Å². The molecular weight excluding hydrogens is 350 g/mol. The minimum absolute atomic E-state index is 0.0957. The van der Waals surface area contributed by atoms with Crippen molar-refractivity contribution in [1.82, 2.24) is 5.32 Å². The molecule has 0 aliphatic carbocycles. The SMILES string of the molecule is CNC1CC(c2cc(Br)c(C)s2)Oc2ccc(OC)cc21. The van der Waals surface area contributed by atoms with E-state index in [0.717, 1.165) is 22.4 Å². The van der Waals surface area contributed by atoms with E-state index in [9.17, 15) is 0 Å². The summed E-state index contributed by atoms with van der Waals surface area (Å²) in [4.78, 5) is 2.55. The third-order valence-electron chi connectivity index (χ3n) is 3.85. The molecule has 1 aliphatic heterocycles. The molecule has 0 spiro atoms. The van der Waals surface area contributed by atoms with Gasteiger partial charge in [-0.2, -0.15) is 0 Å². The normalized spacial score (nSPS) is 20.8. The average molecular weight is 368 g/mol. The molecule has 3 nitrogen and oxygen atoms in total. The van der Waals surface area contributed by atoms with Gasteiger partial charge in [-0.15, -0.1) is 11.3 Å². The van der Waals surface area contributed by atoms with Crippen molar-refractivity contribution in [3.8, 4) is 11.5 Å². The lowest BCUT2D eigenvalue weighted by Gasteiger charge is -2.32. The first kappa shape index (κ1) is 14.9. The Labute approximate surface area is 137 Å². The Balaban J connectivity index is 1.95. The maximum Gasteiger partial charge on any atom is 0.135 e. The third-order valence-corrected chi connectivity index (χ3v) is 6.08. The van der Waals surface area contributed by atoms with Gasteiger partial charge in [0, 0.05) is 32.3 Å². The number of rotatable bonds is 3. The molecule has 112 valence electrons. The molecule has 5 heteroatoms. The molecule has 2 atom stereocenters. The van der Waals surface area contributed by atoms with Gasteiger partial charge in [-0.1, -0.05) is 0 Å². The Morgan fingerprint density at radius 3 is 2.81 bits per heavy atom. The summed E-state index contributed by atoms with van der Waals surface area (Å²) in [6.07, 6.45) is 1.02. The van der Waals surface area contributed by atoms with Gasteiger partial charge in [0.05, 0.1) is 7.11 Å². The van der Waals surface area contributed by atoms with Gasteiger partial charge in [-0.3, -0.25) is 0 Å². The van der Waals surface area contributed by atoms with Gasteiger partial charge < -0.3 is 14.8 Å². The fourth-order valence-electron chi connectivity index (χ4n) is 2.66. The van der Waals surface area contributed by atoms with Crippen LogP contribution in [0.25, 0.3) is 0 Å². The van der Waals surface area contributed by atoms with Gasteiger partial charge in [-0.05, 0) is 54.2 Å². The van der Waals surface area contributed by atoms with Crippen LogP contribution >= 0.6 is 27.3 Å². The average Bonchev–Trinajstić information content (AvgIpc) is 2.85. The van der Waals surface area contributed by atoms with Gasteiger partial charge in [0.1, 0.15) is 17.6 Å². The molecule has 21 heavy (non-hydrogen) atoms. The highest BCUT2D eigenvalue weighted by Crippen LogP contribution is 2.44. The molecule has 2 unspecified atom stereocenters. The van der Waals surface area contributed by atoms with Gasteiger partial charge in [0.15, 0.2) is 0 Å². The summed E-state index contributed by atoms with van der Waals surface area (Å²) < 4.78 is 12.7. The van der Waals surface area contributed by atoms with Crippen LogP contribution in [0.1, 0.15) is 33.9 Å². The van der Waals surface area contributed by atoms with Crippen LogP contribution in [0.4, 0.5) is 0 Å². The second-order valence-corrected chi connectivity index (χ2v) is 7.28. The highest BCUT2D eigenvalue weighted by atomic mass is 79.9. The number of methoxy groups -OCH3 is 1. The second-order valence-electron chi connectivity index (χ2n) is 5.14. The number of hydrogen-bond donors (Lipinski definition) is 1. The molecule has 0 saturated heterocycles. The predicted octanol–water partition coefficient (Wildman–Crippen LogP) is 4.61. The number of fused-ring (bicyclic) bond motifs is 1. The predicted molar refractivity (Wildman–Crippen MR) is 89.5 cm³/mol. The largest absolute Gasteiger partial charge is 0.497 e. The van der Waals surface area contributed by atoms with Crippen molar-refractivity contribution in [2.45, 2.75) is 25.5 Å². The van der Waals surface area contributed by atoms with E-state index >= 15 is 0 Å². The van der Waals surface area contributed by atoms with Crippen LogP contribution in [0.5, 0.6) is 11.5 Å². The molecule has 1 aromatic carbocycles. The van der Waals surface area contributed by atoms with Crippen LogP contribution in [-0.4, -0.2) is 14.2 Å². The van der Waals surface area contributed by atoms with E-state index < -0.39 is 0 Å². The Morgan fingerprint density at radius 1 is 1.38 bits per heavy atom. The van der Waals surface area contributed by atoms with Crippen molar-refractivity contribution in [2.24, 2.45) is 0 Å². The molecule has 1 N–H and O–H groups in total. The van der Waals surface area contributed by atoms with Gasteiger partial charge in [-0.25, -0.2) is 0 Å². The van der Waals surface area contributed by atoms with Crippen LogP contribution in [-0.2, 0) is 0 Å². The standard InChI is InChI=1S/C16H18BrNO2S/c1-9-12(17)7-16(21-9)15-8-13(18-2)11-6-10(19-3)4-5-14(11)20-15/h4-7,13,15,18H,8H2,1-3H3. The first-order chi connectivity index (χ1) is 10.1. The zero-order valence-corrected chi connectivity index (χ0v) is 14.7. The third kappa shape index (κ3) is 2.82. The summed E-state index contributed by atoms with van der Waals surface area (Å²) in [5.41, 5.74) is 1.17. The second kappa shape index (κ2) is 5.99. The first-order valence-electron chi connectivity index (χ1n) is 6.90. The van der Waals surface area contributed by atoms with Crippen molar-refractivity contribution < 1.29 is 9.47 Å². The van der Waals surface area contributed by atoms with E-state index in [1.54, 1.807) is 18.4 Å². The number of aryl methyl sites for hydroxylation is 1. The molecule has 3 rings (SSSR count). The molecule has 0 bridgehead atoms. The number of nitrogens with one attached hydrogen (secondary N) is 1. The first-order valence-corrected chi connectivity index (χ1v) is 8.51. The summed E-state index contributed by atoms with van der Waals surface area (Å²) in [6.45, 7) is 2.12. The molecule has 0 fully saturated rings. The Hall–Kier alpha value is -1.04. The molecule has 0 radical (unpaired) electrons. The van der Waals surface area contributed by atoms with Gasteiger partial charge in [0.25, 0.3) is 0 Å². The summed E-state index contributed by atoms with van der Waals surface area (Å²) >= 11 is 5.38. The van der Waals surface area contributed by atoms with Crippen LogP contribution in [0.2, 0.25) is 0 Å². The summed E-state index contributed by atoms with van der Waals surface area (Å²) in [7, 11) is 3.68. The number of halogens is 1. The monoisotopic (exact) mass is 367 g/mol. The van der Waals surface area contributed by atoms with Crippen LogP contribution in [0, 0.1) is 6.92 Å². The minimum atomic E-state index is 0.0957. The lowest BCUT2D eigenvalue weighted by atomic mass is 9.95. The molecular formula is C16H18BrNO2S. The molecule has 1 aromatic heterocycles. The van der Waals surface area contributed by atoms with E-state index in [2.05, 4.69) is 40.3 Å². The fraction of sp³-hybridized carbons (Fsp3) is 0.375. The van der Waals surface area contributed by atoms with Crippen LogP contribution in [0.3, 0.4) is 0 Å². The highest BCUT2D eigenvalue weighted by molar-refractivity contribution is 9.10. The lowest BCUT2D eigenvalue weighted by molar-refractivity contribution is 0.156. The number of hydrogen-bond acceptors (Lipinski definition) is 4. The number of benzene rings is 1. The summed E-state index contributed by atoms with van der Waals surface area (Å²) in [5, 5.41) is 3.39. The fourth-order valence-corrected chi connectivity index (χ4v) is 4.27. The van der Waals surface area contributed by atoms with Crippen molar-refractivity contribution in [1.29, 1.82) is 0 Å². The topological polar surface area (TPSA) is 30.5 Å². The zero-order valence-electron chi connectivity index (χ0n) is 12.3. The molecule has 2 heterocycles. The quantitative estimate of drug-likeness (QED) is 0.858. The Morgan fingerprint density at radius 2 is 2.19 bits per heavy atom. The number of ether oxygens (including phenoxy) is 2. The zero-order chi connectivity index (χ0) is 15.0. The van der Waals surface area contributed by atoms with Gasteiger partial charge >= 0.3 is 0 Å². The summed E-state index contributed by atoms with van der Waals surface area (Å²) in [5.74, 6) is 1.80. The lowest BCUT2D eigenvalue weighted by Crippen LogP contribution is -2.26. The smallest absolute Gasteiger partial charge is 0.135 e. The van der Waals surface area contributed by atoms with E-state index in [1.807, 2.05) is 19.2 Å². The van der Waals surface area contributed by atoms with Crippen molar-refractivity contribution in [3.05, 3.63) is 44.1 Å². The molecule has 0 saturated carbocycles. The maximum atomic E-state index is 6.21. The van der Waals surface area contributed by atoms with E-state index in [-0.39, 0.29) is 12.1 Å². The maximum absolute atomic E-state index is 6.21. The highest BCUT2D eigenvalue weighted by Gasteiger charge is 2.30. The molecule has 1 aliphatic rings. The molecule has 0 amide bonds. The molecule has 2 aromatic rings. The van der Waals surface area contributed by atoms with Crippen molar-refractivity contribution >= 4 is 27.3 Å². The Kier molecular flexibility index (Phi) is 4.24. The van der Waals surface area contributed by atoms with E-state index in [0.29, 0.717) is 0 Å². The van der Waals surface area contributed by atoms with Crippen molar-refractivity contribution in [2.75, 3.05) is 14.2 Å². The van der Waals surface area contributed by atoms with Crippen LogP contribution < -0.4 is 14.8 Å². The van der Waals surface area contributed by atoms with Crippen molar-refractivity contribution in [3.63, 3.8) is 0 Å². The minimum Gasteiger partial charge on any atom is -0.497 e. The summed E-state index contributed by atoms with van der Waals surface area (Å²) in [6, 6.07) is 8.45. The van der Waals surface area contributed by atoms with Gasteiger partial charge in [0.2, 0.25) is 0 Å². The van der Waals surface area contributed by atoms with E-state index in [4.69, 9.17) is 9.47 Å².